The number of aromatic nitrogens is 2. The Bertz CT molecular complexity index is 878. The zero-order valence-electron chi connectivity index (χ0n) is 14.8. The third kappa shape index (κ3) is 4.28. The molecule has 26 heavy (non-hydrogen) atoms. The van der Waals surface area contributed by atoms with Crippen molar-refractivity contribution in [1.29, 1.82) is 0 Å². The maximum absolute atomic E-state index is 12.4. The van der Waals surface area contributed by atoms with Gasteiger partial charge in [0.25, 0.3) is 5.91 Å². The number of carbonyl (C=O) groups is 1. The Hall–Kier alpha value is -1.84. The molecular weight excluding hydrogens is 372 g/mol. The van der Waals surface area contributed by atoms with Crippen LogP contribution in [0.3, 0.4) is 0 Å². The fourth-order valence-electron chi connectivity index (χ4n) is 2.89. The number of benzene rings is 1. The summed E-state index contributed by atoms with van der Waals surface area (Å²) in [6.45, 7) is 4.59. The first-order chi connectivity index (χ1) is 12.4. The van der Waals surface area contributed by atoms with Crippen LogP contribution in [-0.2, 0) is 10.0 Å². The molecule has 0 radical (unpaired) electrons. The molecule has 2 aromatic rings. The van der Waals surface area contributed by atoms with E-state index < -0.39 is 10.0 Å². The lowest BCUT2D eigenvalue weighted by Crippen LogP contribution is -2.39. The lowest BCUT2D eigenvalue weighted by Gasteiger charge is -2.30. The summed E-state index contributed by atoms with van der Waals surface area (Å²) in [6, 6.07) is 7.52. The number of hydrogen-bond acceptors (Lipinski definition) is 6. The third-order valence-corrected chi connectivity index (χ3v) is 7.37. The number of piperidine rings is 1. The van der Waals surface area contributed by atoms with Crippen molar-refractivity contribution in [3.05, 3.63) is 39.8 Å². The molecule has 1 fully saturated rings. The summed E-state index contributed by atoms with van der Waals surface area (Å²) in [7, 11) is -3.21. The molecule has 3 rings (SSSR count). The van der Waals surface area contributed by atoms with E-state index >= 15 is 0 Å². The second-order valence-electron chi connectivity index (χ2n) is 6.36. The Balaban J connectivity index is 1.69. The van der Waals surface area contributed by atoms with Crippen molar-refractivity contribution in [2.75, 3.05) is 24.2 Å². The van der Waals surface area contributed by atoms with Crippen LogP contribution in [-0.4, -0.2) is 47.7 Å². The number of rotatable bonds is 5. The fraction of sp³-hybridized carbons (Fsp3) is 0.471. The summed E-state index contributed by atoms with van der Waals surface area (Å²) < 4.78 is 25.7. The van der Waals surface area contributed by atoms with E-state index in [0.717, 1.165) is 23.4 Å². The number of aryl methyl sites for hydroxylation is 1. The third-order valence-electron chi connectivity index (χ3n) is 4.44. The van der Waals surface area contributed by atoms with E-state index in [2.05, 4.69) is 15.5 Å². The monoisotopic (exact) mass is 394 g/mol. The number of nitrogens with one attached hydrogen (secondary N) is 1. The number of sulfonamides is 1. The first-order valence-corrected chi connectivity index (χ1v) is 11.0. The molecule has 1 aliphatic heterocycles. The molecular formula is C17H22N4O3S2. The average Bonchev–Trinajstić information content (AvgIpc) is 3.14. The van der Waals surface area contributed by atoms with E-state index in [4.69, 9.17) is 0 Å². The summed E-state index contributed by atoms with van der Waals surface area (Å²) in [5, 5.41) is 12.0. The van der Waals surface area contributed by atoms with E-state index in [9.17, 15) is 13.2 Å². The summed E-state index contributed by atoms with van der Waals surface area (Å²) >= 11 is 1.23. The zero-order chi connectivity index (χ0) is 18.7. The molecule has 0 saturated carbocycles. The van der Waals surface area contributed by atoms with Gasteiger partial charge >= 0.3 is 0 Å². The van der Waals surface area contributed by atoms with Gasteiger partial charge < -0.3 is 5.32 Å². The van der Waals surface area contributed by atoms with Gasteiger partial charge in [-0.3, -0.25) is 4.79 Å². The highest BCUT2D eigenvalue weighted by Crippen LogP contribution is 2.30. The highest BCUT2D eigenvalue weighted by atomic mass is 32.2. The van der Waals surface area contributed by atoms with E-state index in [1.165, 1.54) is 15.6 Å². The van der Waals surface area contributed by atoms with Gasteiger partial charge in [0.15, 0.2) is 0 Å². The first-order valence-electron chi connectivity index (χ1n) is 8.58. The molecule has 2 heterocycles. The maximum Gasteiger partial charge on any atom is 0.286 e. The van der Waals surface area contributed by atoms with Crippen LogP contribution in [0.5, 0.6) is 0 Å². The minimum absolute atomic E-state index is 0.0106. The van der Waals surface area contributed by atoms with Gasteiger partial charge in [-0.15, -0.1) is 10.2 Å². The molecule has 0 aliphatic carbocycles. The molecule has 0 bridgehead atoms. The van der Waals surface area contributed by atoms with Crippen molar-refractivity contribution in [2.24, 2.45) is 0 Å². The van der Waals surface area contributed by atoms with Gasteiger partial charge in [-0.1, -0.05) is 29.0 Å². The quantitative estimate of drug-likeness (QED) is 0.842. The molecule has 1 atom stereocenters. The van der Waals surface area contributed by atoms with Gasteiger partial charge in [0.1, 0.15) is 5.01 Å². The van der Waals surface area contributed by atoms with Crippen LogP contribution < -0.4 is 5.32 Å². The molecule has 0 spiro atoms. The van der Waals surface area contributed by atoms with Crippen LogP contribution in [0.25, 0.3) is 0 Å². The number of anilines is 1. The SMILES string of the molecule is CCS(=O)(=O)N1CCC[C@H](c2nnc(C(=O)Nc3ccc(C)cc3)s2)C1. The predicted octanol–water partition coefficient (Wildman–Crippen LogP) is 2.63. The van der Waals surface area contributed by atoms with Crippen molar-refractivity contribution in [3.63, 3.8) is 0 Å². The van der Waals surface area contributed by atoms with Crippen molar-refractivity contribution in [1.82, 2.24) is 14.5 Å². The minimum Gasteiger partial charge on any atom is -0.320 e. The second-order valence-corrected chi connectivity index (χ2v) is 9.63. The van der Waals surface area contributed by atoms with Crippen molar-refractivity contribution < 1.29 is 13.2 Å². The Labute approximate surface area is 157 Å². The molecule has 1 amide bonds. The molecule has 1 aromatic heterocycles. The topological polar surface area (TPSA) is 92.3 Å². The van der Waals surface area contributed by atoms with E-state index in [-0.39, 0.29) is 22.6 Å². The normalized spacial score (nSPS) is 18.6. The highest BCUT2D eigenvalue weighted by molar-refractivity contribution is 7.89. The highest BCUT2D eigenvalue weighted by Gasteiger charge is 2.30. The number of amides is 1. The first kappa shape index (κ1) is 18.9. The van der Waals surface area contributed by atoms with Gasteiger partial charge in [0.2, 0.25) is 15.0 Å². The van der Waals surface area contributed by atoms with Crippen molar-refractivity contribution in [2.45, 2.75) is 32.6 Å². The summed E-state index contributed by atoms with van der Waals surface area (Å²) in [5.74, 6) is -0.213. The van der Waals surface area contributed by atoms with Gasteiger partial charge in [-0.05, 0) is 38.8 Å². The average molecular weight is 395 g/mol. The largest absolute Gasteiger partial charge is 0.320 e. The Morgan fingerprint density at radius 3 is 2.73 bits per heavy atom. The minimum atomic E-state index is -3.21. The number of carbonyl (C=O) groups excluding carboxylic acids is 1. The standard InChI is InChI=1S/C17H22N4O3S2/c1-3-26(23,24)21-10-4-5-13(11-21)16-19-20-17(25-16)15(22)18-14-8-6-12(2)7-9-14/h6-9,13H,3-5,10-11H2,1-2H3,(H,18,22)/t13-/m0/s1. The van der Waals surface area contributed by atoms with Gasteiger partial charge in [-0.2, -0.15) is 0 Å². The summed E-state index contributed by atoms with van der Waals surface area (Å²) in [6.07, 6.45) is 1.64. The van der Waals surface area contributed by atoms with Gasteiger partial charge in [0.05, 0.1) is 5.75 Å². The van der Waals surface area contributed by atoms with Crippen LogP contribution in [0.2, 0.25) is 0 Å². The van der Waals surface area contributed by atoms with Crippen LogP contribution >= 0.6 is 11.3 Å². The van der Waals surface area contributed by atoms with E-state index in [1.54, 1.807) is 6.92 Å². The molecule has 9 heteroatoms. The van der Waals surface area contributed by atoms with Crippen LogP contribution in [0.1, 0.15) is 46.1 Å². The Morgan fingerprint density at radius 2 is 2.04 bits per heavy atom. The maximum atomic E-state index is 12.4. The van der Waals surface area contributed by atoms with Crippen molar-refractivity contribution in [3.8, 4) is 0 Å². The lowest BCUT2D eigenvalue weighted by molar-refractivity contribution is 0.102. The summed E-state index contributed by atoms with van der Waals surface area (Å²) in [5.41, 5.74) is 1.82. The number of nitrogens with zero attached hydrogens (tertiary/aromatic N) is 3. The summed E-state index contributed by atoms with van der Waals surface area (Å²) in [4.78, 5) is 12.4. The Kier molecular flexibility index (Phi) is 5.69. The molecule has 1 aliphatic rings. The van der Waals surface area contributed by atoms with Crippen molar-refractivity contribution >= 4 is 33.0 Å². The van der Waals surface area contributed by atoms with E-state index in [1.807, 2.05) is 31.2 Å². The molecule has 1 saturated heterocycles. The van der Waals surface area contributed by atoms with Crippen LogP contribution in [0.4, 0.5) is 5.69 Å². The van der Waals surface area contributed by atoms with Crippen LogP contribution in [0.15, 0.2) is 24.3 Å². The number of hydrogen-bond donors (Lipinski definition) is 1. The lowest BCUT2D eigenvalue weighted by atomic mass is 10.0. The van der Waals surface area contributed by atoms with Crippen LogP contribution in [0, 0.1) is 6.92 Å². The Morgan fingerprint density at radius 1 is 1.31 bits per heavy atom. The van der Waals surface area contributed by atoms with E-state index in [0.29, 0.717) is 18.8 Å². The molecule has 7 nitrogen and oxygen atoms in total. The molecule has 0 unspecified atom stereocenters. The molecule has 1 N–H and O–H groups in total. The molecule has 1 aromatic carbocycles. The fourth-order valence-corrected chi connectivity index (χ4v) is 4.94. The molecule has 140 valence electrons. The zero-order valence-corrected chi connectivity index (χ0v) is 16.4. The van der Waals surface area contributed by atoms with Gasteiger partial charge in [0, 0.05) is 24.7 Å². The van der Waals surface area contributed by atoms with Gasteiger partial charge in [-0.25, -0.2) is 12.7 Å². The predicted molar refractivity (Wildman–Crippen MR) is 102 cm³/mol. The smallest absolute Gasteiger partial charge is 0.286 e. The second kappa shape index (κ2) is 7.81.